The Hall–Kier alpha value is -1.54. The predicted octanol–water partition coefficient (Wildman–Crippen LogP) is 4.41. The van der Waals surface area contributed by atoms with Gasteiger partial charge in [-0.1, -0.05) is 68.4 Å². The molecule has 0 rings (SSSR count). The number of hydrogen-bond acceptors (Lipinski definition) is 6. The summed E-state index contributed by atoms with van der Waals surface area (Å²) in [7, 11) is -4.24. The van der Waals surface area contributed by atoms with Crippen LogP contribution in [0, 0.1) is 0 Å². The van der Waals surface area contributed by atoms with Crippen molar-refractivity contribution in [2.45, 2.75) is 77.2 Å². The topological polar surface area (TPSA) is 130 Å². The molecule has 0 saturated heterocycles. The number of hydrogen-bond donors (Lipinski definition) is 3. The summed E-state index contributed by atoms with van der Waals surface area (Å²) < 4.78 is 26.0. The largest absolute Gasteiger partial charge is 0.472 e. The molecule has 34 heavy (non-hydrogen) atoms. The quantitative estimate of drug-likeness (QED) is 0.0865. The van der Waals surface area contributed by atoms with E-state index in [0.29, 0.717) is 13.0 Å². The van der Waals surface area contributed by atoms with Crippen molar-refractivity contribution in [1.29, 1.82) is 0 Å². The van der Waals surface area contributed by atoms with Gasteiger partial charge in [-0.15, -0.1) is 0 Å². The number of esters is 1. The highest BCUT2D eigenvalue weighted by atomic mass is 31.2. The normalized spacial score (nSPS) is 15.1. The number of phosphoric acid groups is 1. The molecule has 9 heteroatoms. The molecule has 5 N–H and O–H groups in total. The highest BCUT2D eigenvalue weighted by Gasteiger charge is 2.24. The molecule has 0 radical (unpaired) electrons. The number of allylic oxidation sites excluding steroid dienone is 8. The Morgan fingerprint density at radius 3 is 2.00 bits per heavy atom. The van der Waals surface area contributed by atoms with E-state index in [1.807, 2.05) is 6.08 Å². The van der Waals surface area contributed by atoms with Gasteiger partial charge < -0.3 is 20.5 Å². The third kappa shape index (κ3) is 22.3. The molecule has 8 nitrogen and oxygen atoms in total. The fourth-order valence-electron chi connectivity index (χ4n) is 2.69. The van der Waals surface area contributed by atoms with Crippen LogP contribution in [0.3, 0.4) is 0 Å². The Kier molecular flexibility index (Phi) is 22.2. The average Bonchev–Trinajstić information content (AvgIpc) is 2.82. The third-order valence-corrected chi connectivity index (χ3v) is 5.52. The van der Waals surface area contributed by atoms with Crippen molar-refractivity contribution in [2.75, 3.05) is 26.4 Å². The first-order chi connectivity index (χ1) is 16.4. The van der Waals surface area contributed by atoms with Gasteiger partial charge in [-0.3, -0.25) is 13.8 Å². The van der Waals surface area contributed by atoms with Gasteiger partial charge in [-0.2, -0.15) is 0 Å². The first-order valence-corrected chi connectivity index (χ1v) is 13.8. The van der Waals surface area contributed by atoms with Crippen LogP contribution in [0.1, 0.15) is 71.1 Å². The number of carbonyl (C=O) groups is 1. The van der Waals surface area contributed by atoms with Crippen molar-refractivity contribution in [3.63, 3.8) is 0 Å². The lowest BCUT2D eigenvalue weighted by molar-refractivity contribution is -0.371. The van der Waals surface area contributed by atoms with Gasteiger partial charge in [0.25, 0.3) is 0 Å². The van der Waals surface area contributed by atoms with E-state index in [4.69, 9.17) is 9.26 Å². The molecule has 2 unspecified atom stereocenters. The molecule has 0 spiro atoms. The van der Waals surface area contributed by atoms with Crippen molar-refractivity contribution in [2.24, 2.45) is 0 Å². The first kappa shape index (κ1) is 32.5. The van der Waals surface area contributed by atoms with Crippen molar-refractivity contribution in [1.82, 2.24) is 0 Å². The van der Waals surface area contributed by atoms with Gasteiger partial charge >= 0.3 is 13.8 Å². The molecule has 0 saturated carbocycles. The number of aliphatic hydroxyl groups excluding tert-OH is 1. The number of aliphatic hydroxyl groups is 1. The number of quaternary nitrogens is 1. The Morgan fingerprint density at radius 1 is 0.912 bits per heavy atom. The minimum atomic E-state index is -4.24. The minimum Gasteiger partial charge on any atom is -0.457 e. The molecule has 0 aromatic heterocycles. The van der Waals surface area contributed by atoms with Crippen molar-refractivity contribution >= 4 is 13.8 Å². The van der Waals surface area contributed by atoms with Crippen molar-refractivity contribution in [3.8, 4) is 0 Å². The van der Waals surface area contributed by atoms with Crippen LogP contribution in [0.5, 0.6) is 0 Å². The Morgan fingerprint density at radius 2 is 1.47 bits per heavy atom. The van der Waals surface area contributed by atoms with E-state index < -0.39 is 33.1 Å². The second-order valence-corrected chi connectivity index (χ2v) is 9.18. The number of ether oxygens (including phenoxy) is 1. The smallest absolute Gasteiger partial charge is 0.457 e. The minimum absolute atomic E-state index is 0.0329. The molecule has 0 aromatic carbocycles. The van der Waals surface area contributed by atoms with Crippen LogP contribution in [0.15, 0.2) is 48.6 Å². The summed E-state index contributed by atoms with van der Waals surface area (Å²) in [5.41, 5.74) is 3.49. The fourth-order valence-corrected chi connectivity index (χ4v) is 3.48. The molecular weight excluding hydrogens is 457 g/mol. The molecule has 0 aliphatic rings. The van der Waals surface area contributed by atoms with Gasteiger partial charge in [-0.05, 0) is 44.9 Å². The summed E-state index contributed by atoms with van der Waals surface area (Å²) in [4.78, 5) is 21.3. The fraction of sp³-hybridized carbons (Fsp3) is 0.640. The lowest BCUT2D eigenvalue weighted by Gasteiger charge is -2.17. The summed E-state index contributed by atoms with van der Waals surface area (Å²) >= 11 is 0. The lowest BCUT2D eigenvalue weighted by atomic mass is 10.2. The van der Waals surface area contributed by atoms with Gasteiger partial charge in [0.2, 0.25) is 0 Å². The predicted molar refractivity (Wildman–Crippen MR) is 135 cm³/mol. The van der Waals surface area contributed by atoms with Crippen LogP contribution in [0.2, 0.25) is 0 Å². The summed E-state index contributed by atoms with van der Waals surface area (Å²) in [5.74, 6) is -0.495. The van der Waals surface area contributed by atoms with Gasteiger partial charge in [0.05, 0.1) is 19.8 Å². The number of carbonyl (C=O) groups excluding carboxylic acids is 1. The molecule has 0 bridgehead atoms. The molecule has 0 fully saturated rings. The van der Waals surface area contributed by atoms with Gasteiger partial charge in [0, 0.05) is 6.42 Å². The van der Waals surface area contributed by atoms with Crippen LogP contribution in [-0.4, -0.2) is 48.4 Å². The van der Waals surface area contributed by atoms with Crippen molar-refractivity contribution in [3.05, 3.63) is 48.6 Å². The van der Waals surface area contributed by atoms with Crippen LogP contribution < -0.4 is 5.73 Å². The number of unbranched alkanes of at least 4 members (excludes halogenated alkanes) is 4. The van der Waals surface area contributed by atoms with E-state index in [9.17, 15) is 19.4 Å². The Bertz CT molecular complexity index is 662. The van der Waals surface area contributed by atoms with Gasteiger partial charge in [0.1, 0.15) is 12.7 Å². The van der Waals surface area contributed by atoms with Crippen LogP contribution in [-0.2, 0) is 23.1 Å². The highest BCUT2D eigenvalue weighted by molar-refractivity contribution is 7.47. The standard InChI is InChI=1S/C25H44NO7P/c1-2-3-4-5-6-7-8-9-10-11-12-13-14-15-16-17-18-19-25(28)33-24(22-27)23-32-34(29,30)31-21-20-26/h6-7,9-10,12-13,15-16,24,27H,2-5,8,11,14,17-23,26H2,1H3,(H,29,30)/p+1/b7-6-,10-9-,13-12-,16-15-. The molecule has 0 heterocycles. The van der Waals surface area contributed by atoms with E-state index in [1.54, 1.807) is 0 Å². The zero-order valence-corrected chi connectivity index (χ0v) is 21.6. The van der Waals surface area contributed by atoms with E-state index in [1.165, 1.54) is 25.7 Å². The molecule has 0 amide bonds. The average molecular weight is 503 g/mol. The molecule has 0 aromatic rings. The maximum Gasteiger partial charge on any atom is 0.472 e. The maximum absolute atomic E-state index is 11.9. The molecular formula is C25H45NO7P+. The van der Waals surface area contributed by atoms with Crippen LogP contribution >= 0.6 is 7.82 Å². The van der Waals surface area contributed by atoms with Crippen LogP contribution in [0.25, 0.3) is 0 Å². The second-order valence-electron chi connectivity index (χ2n) is 7.73. The molecule has 0 aliphatic carbocycles. The van der Waals surface area contributed by atoms with Crippen LogP contribution in [0.4, 0.5) is 0 Å². The van der Waals surface area contributed by atoms with E-state index >= 15 is 0 Å². The number of phosphoric ester groups is 1. The second kappa shape index (κ2) is 23.2. The first-order valence-electron chi connectivity index (χ1n) is 12.3. The zero-order valence-electron chi connectivity index (χ0n) is 20.7. The SMILES string of the molecule is CCCCC/C=C\C/C=C\C/C=C\C/C=C\CCCC(=O)OC(CO)COP(=O)(O)OCC[NH3+]. The van der Waals surface area contributed by atoms with E-state index in [2.05, 4.69) is 59.7 Å². The van der Waals surface area contributed by atoms with E-state index in [0.717, 1.165) is 25.7 Å². The van der Waals surface area contributed by atoms with Gasteiger partial charge in [-0.25, -0.2) is 4.57 Å². The summed E-state index contributed by atoms with van der Waals surface area (Å²) in [6, 6.07) is 0. The summed E-state index contributed by atoms with van der Waals surface area (Å²) in [6.45, 7) is 1.55. The monoisotopic (exact) mass is 502 g/mol. The van der Waals surface area contributed by atoms with E-state index in [-0.39, 0.29) is 13.0 Å². The van der Waals surface area contributed by atoms with Crippen molar-refractivity contribution < 1.29 is 38.9 Å². The third-order valence-electron chi connectivity index (χ3n) is 4.53. The maximum atomic E-state index is 11.9. The number of rotatable bonds is 22. The molecule has 196 valence electrons. The Labute approximate surface area is 205 Å². The highest BCUT2D eigenvalue weighted by Crippen LogP contribution is 2.42. The molecule has 0 aliphatic heterocycles. The lowest BCUT2D eigenvalue weighted by Crippen LogP contribution is -2.52. The van der Waals surface area contributed by atoms with Gasteiger partial charge in [0.15, 0.2) is 0 Å². The zero-order chi connectivity index (χ0) is 25.3. The summed E-state index contributed by atoms with van der Waals surface area (Å²) in [5, 5.41) is 9.26. The molecule has 2 atom stereocenters. The Balaban J connectivity index is 3.82. The summed E-state index contributed by atoms with van der Waals surface area (Å²) in [6.07, 6.45) is 25.4.